The largest absolute Gasteiger partial charge is 0.387 e. The first-order valence-electron chi connectivity index (χ1n) is 6.40. The van der Waals surface area contributed by atoms with E-state index in [1.54, 1.807) is 0 Å². The van der Waals surface area contributed by atoms with Crippen LogP contribution in [0, 0.1) is 19.8 Å². The lowest BCUT2D eigenvalue weighted by Gasteiger charge is -2.22. The smallest absolute Gasteiger partial charge is 0.0940 e. The Labute approximate surface area is 105 Å². The topological polar surface area (TPSA) is 32.3 Å². The van der Waals surface area contributed by atoms with Crippen molar-refractivity contribution in [1.82, 2.24) is 5.32 Å². The van der Waals surface area contributed by atoms with Crippen LogP contribution in [0.25, 0.3) is 0 Å². The van der Waals surface area contributed by atoms with Crippen LogP contribution in [0.5, 0.6) is 0 Å². The molecular formula is C15H25NO. The number of hydrogen-bond donors (Lipinski definition) is 2. The van der Waals surface area contributed by atoms with Gasteiger partial charge in [-0.2, -0.15) is 0 Å². The average Bonchev–Trinajstić information content (AvgIpc) is 2.28. The van der Waals surface area contributed by atoms with Crippen LogP contribution in [0.1, 0.15) is 43.6 Å². The first-order valence-corrected chi connectivity index (χ1v) is 6.40. The van der Waals surface area contributed by atoms with Gasteiger partial charge in [-0.15, -0.1) is 0 Å². The minimum Gasteiger partial charge on any atom is -0.387 e. The fraction of sp³-hybridized carbons (Fsp3) is 0.600. The van der Waals surface area contributed by atoms with Crippen LogP contribution < -0.4 is 5.32 Å². The van der Waals surface area contributed by atoms with Gasteiger partial charge in [0.25, 0.3) is 0 Å². The summed E-state index contributed by atoms with van der Waals surface area (Å²) in [7, 11) is 0. The predicted octanol–water partition coefficient (Wildman–Crippen LogP) is 2.97. The van der Waals surface area contributed by atoms with Gasteiger partial charge in [0, 0.05) is 6.04 Å². The van der Waals surface area contributed by atoms with E-state index in [1.165, 1.54) is 11.1 Å². The van der Waals surface area contributed by atoms with E-state index in [9.17, 15) is 5.11 Å². The Kier molecular flexibility index (Phi) is 5.16. The van der Waals surface area contributed by atoms with Gasteiger partial charge in [-0.25, -0.2) is 0 Å². The van der Waals surface area contributed by atoms with Crippen LogP contribution in [0.4, 0.5) is 0 Å². The molecule has 0 fully saturated rings. The quantitative estimate of drug-likeness (QED) is 0.822. The van der Waals surface area contributed by atoms with Gasteiger partial charge in [0.05, 0.1) is 6.10 Å². The molecule has 0 spiro atoms. The second kappa shape index (κ2) is 6.18. The van der Waals surface area contributed by atoms with Gasteiger partial charge in [-0.3, -0.25) is 0 Å². The van der Waals surface area contributed by atoms with Crippen LogP contribution in [-0.2, 0) is 0 Å². The Morgan fingerprint density at radius 3 is 2.29 bits per heavy atom. The Hall–Kier alpha value is -0.860. The fourth-order valence-electron chi connectivity index (χ4n) is 1.77. The summed E-state index contributed by atoms with van der Waals surface area (Å²) in [6.07, 6.45) is -0.437. The molecule has 2 N–H and O–H groups in total. The highest BCUT2D eigenvalue weighted by molar-refractivity contribution is 5.31. The zero-order valence-corrected chi connectivity index (χ0v) is 11.6. The molecule has 2 atom stereocenters. The molecule has 0 radical (unpaired) electrons. The summed E-state index contributed by atoms with van der Waals surface area (Å²) in [5.74, 6) is 0.601. The SMILES string of the molecule is Cc1ccc(C(O)C(C)NCC(C)C)cc1C. The van der Waals surface area contributed by atoms with Gasteiger partial charge in [0.15, 0.2) is 0 Å². The van der Waals surface area contributed by atoms with Crippen LogP contribution in [0.2, 0.25) is 0 Å². The molecule has 96 valence electrons. The average molecular weight is 235 g/mol. The van der Waals surface area contributed by atoms with Crippen molar-refractivity contribution in [2.75, 3.05) is 6.54 Å². The lowest BCUT2D eigenvalue weighted by molar-refractivity contribution is 0.134. The summed E-state index contributed by atoms with van der Waals surface area (Å²) >= 11 is 0. The van der Waals surface area contributed by atoms with Crippen molar-refractivity contribution >= 4 is 0 Å². The van der Waals surface area contributed by atoms with Gasteiger partial charge >= 0.3 is 0 Å². The number of rotatable bonds is 5. The third-order valence-corrected chi connectivity index (χ3v) is 3.19. The molecule has 2 unspecified atom stereocenters. The summed E-state index contributed by atoms with van der Waals surface area (Å²) in [6, 6.07) is 6.25. The van der Waals surface area contributed by atoms with Crippen LogP contribution in [0.15, 0.2) is 18.2 Å². The van der Waals surface area contributed by atoms with E-state index in [0.717, 1.165) is 12.1 Å². The highest BCUT2D eigenvalue weighted by atomic mass is 16.3. The summed E-state index contributed by atoms with van der Waals surface area (Å²) in [6.45, 7) is 11.5. The summed E-state index contributed by atoms with van der Waals surface area (Å²) in [5.41, 5.74) is 3.50. The Morgan fingerprint density at radius 2 is 1.76 bits per heavy atom. The number of aryl methyl sites for hydroxylation is 2. The Morgan fingerprint density at radius 1 is 1.12 bits per heavy atom. The zero-order valence-electron chi connectivity index (χ0n) is 11.6. The molecule has 1 rings (SSSR count). The first-order chi connectivity index (χ1) is 7.91. The maximum absolute atomic E-state index is 10.3. The number of aliphatic hydroxyl groups is 1. The third kappa shape index (κ3) is 4.14. The van der Waals surface area contributed by atoms with E-state index in [4.69, 9.17) is 0 Å². The van der Waals surface area contributed by atoms with Crippen molar-refractivity contribution in [1.29, 1.82) is 0 Å². The summed E-state index contributed by atoms with van der Waals surface area (Å²) in [4.78, 5) is 0. The van der Waals surface area contributed by atoms with E-state index >= 15 is 0 Å². The minimum absolute atomic E-state index is 0.0829. The van der Waals surface area contributed by atoms with Crippen LogP contribution in [-0.4, -0.2) is 17.7 Å². The van der Waals surface area contributed by atoms with Crippen molar-refractivity contribution < 1.29 is 5.11 Å². The highest BCUT2D eigenvalue weighted by Gasteiger charge is 2.16. The van der Waals surface area contributed by atoms with Gasteiger partial charge < -0.3 is 10.4 Å². The molecule has 0 aliphatic rings. The molecule has 0 aliphatic carbocycles. The Balaban J connectivity index is 2.67. The number of aliphatic hydroxyl groups excluding tert-OH is 1. The van der Waals surface area contributed by atoms with E-state index in [0.29, 0.717) is 5.92 Å². The minimum atomic E-state index is -0.437. The van der Waals surface area contributed by atoms with Crippen molar-refractivity contribution in [2.24, 2.45) is 5.92 Å². The first kappa shape index (κ1) is 14.2. The normalized spacial score (nSPS) is 15.0. The van der Waals surface area contributed by atoms with E-state index in [1.807, 2.05) is 13.0 Å². The van der Waals surface area contributed by atoms with Gasteiger partial charge in [0.2, 0.25) is 0 Å². The fourth-order valence-corrected chi connectivity index (χ4v) is 1.77. The molecule has 0 bridgehead atoms. The molecule has 0 amide bonds. The predicted molar refractivity (Wildman–Crippen MR) is 73.2 cm³/mol. The van der Waals surface area contributed by atoms with Crippen molar-refractivity contribution in [2.45, 2.75) is 46.8 Å². The molecule has 2 nitrogen and oxygen atoms in total. The summed E-state index contributed by atoms with van der Waals surface area (Å²) < 4.78 is 0. The lowest BCUT2D eigenvalue weighted by atomic mass is 9.99. The van der Waals surface area contributed by atoms with Gasteiger partial charge in [-0.1, -0.05) is 32.0 Å². The number of benzene rings is 1. The van der Waals surface area contributed by atoms with Crippen LogP contribution in [0.3, 0.4) is 0 Å². The molecule has 1 aromatic carbocycles. The van der Waals surface area contributed by atoms with E-state index in [2.05, 4.69) is 45.1 Å². The maximum Gasteiger partial charge on any atom is 0.0940 e. The monoisotopic (exact) mass is 235 g/mol. The van der Waals surface area contributed by atoms with Crippen LogP contribution >= 0.6 is 0 Å². The molecular weight excluding hydrogens is 210 g/mol. The number of hydrogen-bond acceptors (Lipinski definition) is 2. The summed E-state index contributed by atoms with van der Waals surface area (Å²) in [5, 5.41) is 13.6. The van der Waals surface area contributed by atoms with E-state index < -0.39 is 6.10 Å². The molecule has 17 heavy (non-hydrogen) atoms. The standard InChI is InChI=1S/C15H25NO/c1-10(2)9-16-13(5)15(17)14-7-6-11(3)12(4)8-14/h6-8,10,13,15-17H,9H2,1-5H3. The molecule has 0 aromatic heterocycles. The molecule has 0 aliphatic heterocycles. The molecule has 0 heterocycles. The lowest BCUT2D eigenvalue weighted by Crippen LogP contribution is -2.34. The van der Waals surface area contributed by atoms with E-state index in [-0.39, 0.29) is 6.04 Å². The zero-order chi connectivity index (χ0) is 13.0. The van der Waals surface area contributed by atoms with Crippen molar-refractivity contribution in [3.8, 4) is 0 Å². The molecule has 0 saturated heterocycles. The van der Waals surface area contributed by atoms with Crippen molar-refractivity contribution in [3.05, 3.63) is 34.9 Å². The molecule has 2 heteroatoms. The van der Waals surface area contributed by atoms with Crippen molar-refractivity contribution in [3.63, 3.8) is 0 Å². The molecule has 1 aromatic rings. The third-order valence-electron chi connectivity index (χ3n) is 3.19. The second-order valence-electron chi connectivity index (χ2n) is 5.38. The highest BCUT2D eigenvalue weighted by Crippen LogP contribution is 2.19. The second-order valence-corrected chi connectivity index (χ2v) is 5.38. The maximum atomic E-state index is 10.3. The Bertz CT molecular complexity index is 360. The van der Waals surface area contributed by atoms with Gasteiger partial charge in [0.1, 0.15) is 0 Å². The molecule has 0 saturated carbocycles. The van der Waals surface area contributed by atoms with Gasteiger partial charge in [-0.05, 0) is 49.9 Å². The number of nitrogens with one attached hydrogen (secondary N) is 1.